The van der Waals surface area contributed by atoms with Crippen LogP contribution in [0.25, 0.3) is 0 Å². The Kier molecular flexibility index (Phi) is 7.37. The second-order valence-electron chi connectivity index (χ2n) is 5.54. The molecule has 0 saturated heterocycles. The molecule has 2 unspecified atom stereocenters. The molecular weight excluding hydrogens is 259 g/mol. The van der Waals surface area contributed by atoms with Gasteiger partial charge in [0.2, 0.25) is 0 Å². The average molecular weight is 289 g/mol. The van der Waals surface area contributed by atoms with Gasteiger partial charge in [-0.2, -0.15) is 0 Å². The first-order chi connectivity index (χ1) is 9.49. The van der Waals surface area contributed by atoms with Crippen LogP contribution in [-0.2, 0) is 4.52 Å². The Morgan fingerprint density at radius 3 is 2.74 bits per heavy atom. The Morgan fingerprint density at radius 2 is 2.21 bits per heavy atom. The summed E-state index contributed by atoms with van der Waals surface area (Å²) in [4.78, 5) is 0. The van der Waals surface area contributed by atoms with Crippen LogP contribution >= 0.6 is 9.47 Å². The largest absolute Gasteiger partial charge is 0.396 e. The van der Waals surface area contributed by atoms with Gasteiger partial charge in [0.1, 0.15) is 0 Å². The summed E-state index contributed by atoms with van der Waals surface area (Å²) in [5, 5.41) is 20.2. The Bertz CT molecular complexity index is 297. The summed E-state index contributed by atoms with van der Waals surface area (Å²) in [6.07, 6.45) is 10.1. The van der Waals surface area contributed by atoms with Crippen LogP contribution in [0.3, 0.4) is 0 Å². The third kappa shape index (κ3) is 5.51. The summed E-state index contributed by atoms with van der Waals surface area (Å²) in [5.74, 6) is -0.677. The van der Waals surface area contributed by atoms with Crippen molar-refractivity contribution in [2.75, 3.05) is 13.2 Å². The normalized spacial score (nSPS) is 24.3. The van der Waals surface area contributed by atoms with Gasteiger partial charge in [0.25, 0.3) is 0 Å². The van der Waals surface area contributed by atoms with E-state index in [1.54, 1.807) is 0 Å². The fraction of sp³-hybridized carbons (Fsp3) is 0.867. The molecule has 2 N–H and O–H groups in total. The number of hydrogen-bond donors (Lipinski definition) is 2. The van der Waals surface area contributed by atoms with Gasteiger partial charge in [-0.15, -0.1) is 0 Å². The lowest BCUT2D eigenvalue weighted by Crippen LogP contribution is -2.42. The van der Waals surface area contributed by atoms with Gasteiger partial charge in [-0.3, -0.25) is 0 Å². The van der Waals surface area contributed by atoms with E-state index < -0.39 is 5.60 Å². The Balaban J connectivity index is 2.63. The second-order valence-corrected chi connectivity index (χ2v) is 5.88. The summed E-state index contributed by atoms with van der Waals surface area (Å²) in [6, 6.07) is 0. The quantitative estimate of drug-likeness (QED) is 0.506. The van der Waals surface area contributed by atoms with Crippen LogP contribution in [0, 0.1) is 11.8 Å². The molecule has 0 aromatic heterocycles. The van der Waals surface area contributed by atoms with Crippen molar-refractivity contribution in [2.45, 2.75) is 57.5 Å². The first-order valence-electron chi connectivity index (χ1n) is 7.81. The second kappa shape index (κ2) is 9.07. The van der Waals surface area contributed by atoms with Crippen molar-refractivity contribution >= 4 is 9.47 Å². The van der Waals surface area contributed by atoms with Crippen molar-refractivity contribution in [3.05, 3.63) is 12.2 Å². The van der Waals surface area contributed by atoms with Crippen molar-refractivity contribution < 1.29 is 16.1 Å². The standard InChI is InChI=1S/C15H29O3P/c1-2-10-15(17,12-18-19)14(11-16)9-5-8-13-6-3-4-7-13/h5,9,13-14,16-17H,2-4,6-8,10-12,19H2,1H3/b9-5+/t14-,15?/m1/s1/i13D. The zero-order valence-electron chi connectivity index (χ0n) is 13.0. The van der Waals surface area contributed by atoms with Crippen LogP contribution in [0.1, 0.15) is 53.2 Å². The predicted molar refractivity (Wildman–Crippen MR) is 81.8 cm³/mol. The molecule has 0 spiro atoms. The van der Waals surface area contributed by atoms with Gasteiger partial charge >= 0.3 is 0 Å². The molecule has 19 heavy (non-hydrogen) atoms. The topological polar surface area (TPSA) is 49.7 Å². The van der Waals surface area contributed by atoms with Gasteiger partial charge in [0.05, 0.1) is 18.8 Å². The Hall–Kier alpha value is 0.0500. The van der Waals surface area contributed by atoms with Crippen LogP contribution in [0.2, 0.25) is 0 Å². The molecule has 1 rings (SSSR count). The summed E-state index contributed by atoms with van der Waals surface area (Å²) in [5.41, 5.74) is -1.04. The fourth-order valence-electron chi connectivity index (χ4n) is 2.83. The smallest absolute Gasteiger partial charge is 0.0967 e. The van der Waals surface area contributed by atoms with Gasteiger partial charge in [0.15, 0.2) is 0 Å². The molecular formula is C15H29O3P. The maximum atomic E-state index is 10.6. The van der Waals surface area contributed by atoms with Gasteiger partial charge in [-0.1, -0.05) is 51.2 Å². The number of allylic oxidation sites excluding steroid dienone is 1. The molecule has 0 radical (unpaired) electrons. The van der Waals surface area contributed by atoms with Crippen molar-refractivity contribution in [2.24, 2.45) is 11.8 Å². The summed E-state index contributed by atoms with van der Waals surface area (Å²) in [6.45, 7) is 2.09. The minimum absolute atomic E-state index is 0.105. The number of hydrogen-bond acceptors (Lipinski definition) is 3. The Labute approximate surface area is 121 Å². The van der Waals surface area contributed by atoms with E-state index in [-0.39, 0.29) is 25.0 Å². The molecule has 1 saturated carbocycles. The molecule has 112 valence electrons. The number of aliphatic hydroxyl groups excluding tert-OH is 1. The first kappa shape index (κ1) is 15.4. The third-order valence-corrected chi connectivity index (χ3v) is 4.16. The lowest BCUT2D eigenvalue weighted by Gasteiger charge is -2.32. The predicted octanol–water partition coefficient (Wildman–Crippen LogP) is 3.07. The highest BCUT2D eigenvalue weighted by molar-refractivity contribution is 7.09. The highest BCUT2D eigenvalue weighted by atomic mass is 31.0. The number of rotatable bonds is 9. The summed E-state index contributed by atoms with van der Waals surface area (Å²) >= 11 is 0. The molecule has 3 nitrogen and oxygen atoms in total. The zero-order chi connectivity index (χ0) is 15.1. The highest BCUT2D eigenvalue weighted by Gasteiger charge is 2.34. The van der Waals surface area contributed by atoms with Crippen LogP contribution < -0.4 is 0 Å². The summed E-state index contributed by atoms with van der Waals surface area (Å²) in [7, 11) is 2.15. The molecule has 1 fully saturated rings. The lowest BCUT2D eigenvalue weighted by molar-refractivity contribution is -0.0563. The van der Waals surface area contributed by atoms with E-state index in [0.717, 1.165) is 32.1 Å². The van der Waals surface area contributed by atoms with E-state index >= 15 is 0 Å². The molecule has 1 aliphatic carbocycles. The SMILES string of the molecule is [2H]C1(C/C=C/[C@H](CO)C(O)(CCC)COP)CCCC1. The van der Waals surface area contributed by atoms with Crippen LogP contribution in [0.5, 0.6) is 0 Å². The van der Waals surface area contributed by atoms with Crippen LogP contribution in [-0.4, -0.2) is 29.0 Å². The van der Waals surface area contributed by atoms with Crippen molar-refractivity contribution in [1.82, 2.24) is 0 Å². The molecule has 0 aromatic rings. The molecule has 3 atom stereocenters. The molecule has 4 heteroatoms. The highest BCUT2D eigenvalue weighted by Crippen LogP contribution is 2.29. The maximum Gasteiger partial charge on any atom is 0.0967 e. The molecule has 1 aliphatic rings. The van der Waals surface area contributed by atoms with Gasteiger partial charge in [0, 0.05) is 16.8 Å². The van der Waals surface area contributed by atoms with Gasteiger partial charge in [-0.05, 0) is 18.7 Å². The van der Waals surface area contributed by atoms with Crippen molar-refractivity contribution in [3.8, 4) is 0 Å². The van der Waals surface area contributed by atoms with Crippen molar-refractivity contribution in [1.29, 1.82) is 0 Å². The Morgan fingerprint density at radius 1 is 1.53 bits per heavy atom. The average Bonchev–Trinajstić information content (AvgIpc) is 2.82. The van der Waals surface area contributed by atoms with Crippen LogP contribution in [0.4, 0.5) is 0 Å². The van der Waals surface area contributed by atoms with E-state index in [2.05, 4.69) is 9.47 Å². The van der Waals surface area contributed by atoms with E-state index in [4.69, 9.17) is 5.89 Å². The molecule has 0 aliphatic heterocycles. The molecule has 0 heterocycles. The zero-order valence-corrected chi connectivity index (χ0v) is 13.1. The third-order valence-electron chi connectivity index (χ3n) is 3.99. The summed E-state index contributed by atoms with van der Waals surface area (Å²) < 4.78 is 13.3. The maximum absolute atomic E-state index is 10.6. The monoisotopic (exact) mass is 289 g/mol. The van der Waals surface area contributed by atoms with Gasteiger partial charge < -0.3 is 14.7 Å². The fourth-order valence-corrected chi connectivity index (χ4v) is 3.12. The van der Waals surface area contributed by atoms with E-state index in [1.165, 1.54) is 0 Å². The number of aliphatic hydroxyl groups is 2. The van der Waals surface area contributed by atoms with E-state index in [0.29, 0.717) is 12.8 Å². The van der Waals surface area contributed by atoms with Crippen molar-refractivity contribution in [3.63, 3.8) is 0 Å². The molecule has 0 aromatic carbocycles. The van der Waals surface area contributed by atoms with Gasteiger partial charge in [-0.25, -0.2) is 0 Å². The van der Waals surface area contributed by atoms with E-state index in [1.807, 2.05) is 19.1 Å². The van der Waals surface area contributed by atoms with Crippen LogP contribution in [0.15, 0.2) is 12.2 Å². The van der Waals surface area contributed by atoms with E-state index in [9.17, 15) is 10.2 Å². The lowest BCUT2D eigenvalue weighted by atomic mass is 9.84. The molecule has 0 bridgehead atoms. The first-order valence-corrected chi connectivity index (χ1v) is 7.78. The minimum atomic E-state index is -1.04. The minimum Gasteiger partial charge on any atom is -0.396 e. The molecule has 0 amide bonds.